The number of aromatic amines is 2. The average molecular weight is 457 g/mol. The maximum Gasteiger partial charge on any atom is 0.355 e. The van der Waals surface area contributed by atoms with Crippen LogP contribution in [0, 0.1) is 24.7 Å². The monoisotopic (exact) mass is 456 g/mol. The first kappa shape index (κ1) is 22.0. The van der Waals surface area contributed by atoms with E-state index in [1.54, 1.807) is 36.7 Å². The Morgan fingerprint density at radius 1 is 0.765 bits per heavy atom. The lowest BCUT2D eigenvalue weighted by molar-refractivity contribution is -0.1000. The minimum Gasteiger partial charge on any atom is -0.453 e. The summed E-state index contributed by atoms with van der Waals surface area (Å²) in [6, 6.07) is 15.0. The van der Waals surface area contributed by atoms with Gasteiger partial charge in [-0.05, 0) is 54.2 Å². The first-order valence-electron chi connectivity index (χ1n) is 11.6. The van der Waals surface area contributed by atoms with Crippen molar-refractivity contribution in [3.8, 4) is 0 Å². The third-order valence-electron chi connectivity index (χ3n) is 7.11. The number of aromatic nitrogens is 2. The largest absolute Gasteiger partial charge is 0.453 e. The summed E-state index contributed by atoms with van der Waals surface area (Å²) < 4.78 is 12.3. The number of hydrogen-bond donors (Lipinski definition) is 2. The molecule has 4 unspecified atom stereocenters. The molecule has 2 N–H and O–H groups in total. The molecule has 0 radical (unpaired) electrons. The lowest BCUT2D eigenvalue weighted by Gasteiger charge is -2.49. The van der Waals surface area contributed by atoms with E-state index < -0.39 is 24.1 Å². The predicted octanol–water partition coefficient (Wildman–Crippen LogP) is 5.19. The van der Waals surface area contributed by atoms with Gasteiger partial charge in [0.25, 0.3) is 0 Å². The van der Waals surface area contributed by atoms with Crippen LogP contribution in [0.2, 0.25) is 0 Å². The molecule has 2 heterocycles. The third kappa shape index (κ3) is 4.00. The Balaban J connectivity index is 1.58. The summed E-state index contributed by atoms with van der Waals surface area (Å²) in [4.78, 5) is 32.0. The zero-order valence-electron chi connectivity index (χ0n) is 19.2. The van der Waals surface area contributed by atoms with Crippen molar-refractivity contribution in [1.82, 2.24) is 9.97 Å². The quantitative estimate of drug-likeness (QED) is 0.517. The lowest BCUT2D eigenvalue weighted by Crippen LogP contribution is -2.53. The Hall–Kier alpha value is -3.80. The topological polar surface area (TPSA) is 84.2 Å². The lowest BCUT2D eigenvalue weighted by atomic mass is 9.60. The normalized spacial score (nSPS) is 27.7. The van der Waals surface area contributed by atoms with Crippen molar-refractivity contribution in [2.24, 2.45) is 17.8 Å². The van der Waals surface area contributed by atoms with Crippen molar-refractivity contribution in [1.29, 1.82) is 0 Å². The summed E-state index contributed by atoms with van der Waals surface area (Å²) in [5.41, 5.74) is 2.94. The zero-order chi connectivity index (χ0) is 23.7. The maximum absolute atomic E-state index is 13.1. The minimum absolute atomic E-state index is 0.0631. The van der Waals surface area contributed by atoms with Crippen molar-refractivity contribution in [3.05, 3.63) is 108 Å². The van der Waals surface area contributed by atoms with Crippen LogP contribution in [0.25, 0.3) is 0 Å². The van der Waals surface area contributed by atoms with Crippen molar-refractivity contribution in [3.63, 3.8) is 0 Å². The number of ether oxygens (including phenoxy) is 2. The molecule has 0 bridgehead atoms. The molecule has 0 aliphatic heterocycles. The molecule has 34 heavy (non-hydrogen) atoms. The molecular weight excluding hydrogens is 428 g/mol. The molecule has 5 rings (SSSR count). The highest BCUT2D eigenvalue weighted by atomic mass is 16.6. The highest BCUT2D eigenvalue weighted by Crippen LogP contribution is 2.50. The molecule has 2 aromatic heterocycles. The smallest absolute Gasteiger partial charge is 0.355 e. The number of esters is 2. The number of nitrogens with one attached hydrogen (secondary N) is 2. The van der Waals surface area contributed by atoms with Gasteiger partial charge in [-0.2, -0.15) is 0 Å². The van der Waals surface area contributed by atoms with E-state index in [4.69, 9.17) is 9.47 Å². The van der Waals surface area contributed by atoms with Gasteiger partial charge in [0.2, 0.25) is 0 Å². The number of rotatable bonds is 5. The summed E-state index contributed by atoms with van der Waals surface area (Å²) in [5.74, 6) is -0.925. The Bertz CT molecular complexity index is 1210. The van der Waals surface area contributed by atoms with E-state index in [-0.39, 0.29) is 23.7 Å². The average Bonchev–Trinajstić information content (AvgIpc) is 3.57. The summed E-state index contributed by atoms with van der Waals surface area (Å²) in [5, 5.41) is 0. The van der Waals surface area contributed by atoms with E-state index in [9.17, 15) is 9.59 Å². The second-order valence-electron chi connectivity index (χ2n) is 9.07. The van der Waals surface area contributed by atoms with Gasteiger partial charge in [-0.15, -0.1) is 0 Å². The standard InChI is InChI=1S/C28H28N2O4/c1-17-9-3-4-10-19(17)24-21-12-6-5-11-20(21)18(2)25(33-27(31)22-13-7-15-29-22)26(24)34-28(32)23-14-8-16-30-23/h3-16,18,20-21,24-26,29-30H,1-2H3/t18?,20-,21-,24?,25?,26?/m0/s1. The Labute approximate surface area is 198 Å². The molecule has 1 aromatic carbocycles. The molecule has 0 amide bonds. The molecular formula is C28H28N2O4. The number of carbonyl (C=O) groups excluding carboxylic acids is 2. The first-order chi connectivity index (χ1) is 16.5. The van der Waals surface area contributed by atoms with E-state index >= 15 is 0 Å². The summed E-state index contributed by atoms with van der Waals surface area (Å²) in [6.45, 7) is 4.13. The van der Waals surface area contributed by atoms with Crippen LogP contribution >= 0.6 is 0 Å². The number of aryl methyl sites for hydroxylation is 1. The van der Waals surface area contributed by atoms with E-state index in [1.165, 1.54) is 0 Å². The fourth-order valence-electron chi connectivity index (χ4n) is 5.42. The molecule has 1 saturated carbocycles. The van der Waals surface area contributed by atoms with Crippen LogP contribution in [0.3, 0.4) is 0 Å². The fourth-order valence-corrected chi connectivity index (χ4v) is 5.42. The number of hydrogen-bond acceptors (Lipinski definition) is 4. The Kier molecular flexibility index (Phi) is 5.97. The van der Waals surface area contributed by atoms with Gasteiger partial charge < -0.3 is 19.4 Å². The highest BCUT2D eigenvalue weighted by molar-refractivity contribution is 5.88. The van der Waals surface area contributed by atoms with Crippen LogP contribution < -0.4 is 0 Å². The van der Waals surface area contributed by atoms with Crippen LogP contribution in [0.15, 0.2) is 85.2 Å². The minimum atomic E-state index is -0.664. The number of allylic oxidation sites excluding steroid dienone is 4. The van der Waals surface area contributed by atoms with Gasteiger partial charge in [-0.3, -0.25) is 0 Å². The second-order valence-corrected chi connectivity index (χ2v) is 9.07. The van der Waals surface area contributed by atoms with Crippen molar-refractivity contribution in [2.45, 2.75) is 32.0 Å². The number of carbonyl (C=O) groups is 2. The van der Waals surface area contributed by atoms with Crippen molar-refractivity contribution in [2.75, 3.05) is 0 Å². The third-order valence-corrected chi connectivity index (χ3v) is 7.11. The molecule has 0 spiro atoms. The molecule has 2 aliphatic carbocycles. The van der Waals surface area contributed by atoms with Gasteiger partial charge in [-0.1, -0.05) is 55.5 Å². The molecule has 6 heteroatoms. The summed E-state index contributed by atoms with van der Waals surface area (Å²) in [7, 11) is 0. The maximum atomic E-state index is 13.1. The first-order valence-corrected chi connectivity index (χ1v) is 11.6. The Morgan fingerprint density at radius 2 is 1.35 bits per heavy atom. The van der Waals surface area contributed by atoms with Gasteiger partial charge in [0.15, 0.2) is 0 Å². The van der Waals surface area contributed by atoms with Gasteiger partial charge in [0.1, 0.15) is 23.6 Å². The fraction of sp³-hybridized carbons (Fsp3) is 0.286. The van der Waals surface area contributed by atoms with E-state index in [0.717, 1.165) is 11.1 Å². The summed E-state index contributed by atoms with van der Waals surface area (Å²) in [6.07, 6.45) is 10.5. The van der Waals surface area contributed by atoms with Crippen LogP contribution in [0.4, 0.5) is 0 Å². The van der Waals surface area contributed by atoms with Crippen LogP contribution in [-0.4, -0.2) is 34.1 Å². The van der Waals surface area contributed by atoms with E-state index in [2.05, 4.69) is 48.1 Å². The van der Waals surface area contributed by atoms with Crippen LogP contribution in [0.1, 0.15) is 44.9 Å². The molecule has 174 valence electrons. The SMILES string of the molecule is Cc1ccccc1C1C(OC(=O)c2ccc[nH]2)C(OC(=O)c2ccc[nH]2)C(C)[C@@H]2C=CC=C[C@H]12. The molecule has 6 nitrogen and oxygen atoms in total. The van der Waals surface area contributed by atoms with Gasteiger partial charge in [0.05, 0.1) is 0 Å². The number of fused-ring (bicyclic) bond motifs is 1. The number of benzene rings is 1. The molecule has 1 fully saturated rings. The highest BCUT2D eigenvalue weighted by Gasteiger charge is 2.52. The van der Waals surface area contributed by atoms with Crippen LogP contribution in [0.5, 0.6) is 0 Å². The van der Waals surface area contributed by atoms with Gasteiger partial charge in [-0.25, -0.2) is 9.59 Å². The molecule has 2 aliphatic rings. The molecule has 3 aromatic rings. The predicted molar refractivity (Wildman–Crippen MR) is 128 cm³/mol. The van der Waals surface area contributed by atoms with Crippen molar-refractivity contribution >= 4 is 11.9 Å². The van der Waals surface area contributed by atoms with Crippen LogP contribution in [-0.2, 0) is 9.47 Å². The molecule has 6 atom stereocenters. The molecule has 0 saturated heterocycles. The van der Waals surface area contributed by atoms with Gasteiger partial charge in [0, 0.05) is 24.2 Å². The van der Waals surface area contributed by atoms with Gasteiger partial charge >= 0.3 is 11.9 Å². The van der Waals surface area contributed by atoms with E-state index in [0.29, 0.717) is 11.4 Å². The number of H-pyrrole nitrogens is 2. The summed E-state index contributed by atoms with van der Waals surface area (Å²) >= 11 is 0. The zero-order valence-corrected chi connectivity index (χ0v) is 19.2. The van der Waals surface area contributed by atoms with Crippen molar-refractivity contribution < 1.29 is 19.1 Å². The Morgan fingerprint density at radius 3 is 1.94 bits per heavy atom. The van der Waals surface area contributed by atoms with E-state index in [1.807, 2.05) is 24.3 Å². The second kappa shape index (κ2) is 9.21.